The van der Waals surface area contributed by atoms with Crippen LogP contribution in [0.15, 0.2) is 84.9 Å². The third kappa shape index (κ3) is 6.62. The molecule has 1 aliphatic rings. The van der Waals surface area contributed by atoms with Gasteiger partial charge in [0.2, 0.25) is 0 Å². The monoisotopic (exact) mass is 612 g/mol. The molecule has 8 bridgehead atoms. The molecule has 0 radical (unpaired) electrons. The van der Waals surface area contributed by atoms with E-state index in [1.807, 2.05) is 36.4 Å². The number of rotatable bonds is 7. The first-order valence-electron chi connectivity index (χ1n) is 16.5. The number of benzene rings is 5. The third-order valence-electron chi connectivity index (χ3n) is 8.81. The van der Waals surface area contributed by atoms with Crippen LogP contribution >= 0.6 is 0 Å². The van der Waals surface area contributed by atoms with Gasteiger partial charge in [-0.3, -0.25) is 0 Å². The molecule has 2 N–H and O–H groups in total. The number of aromatic hydroxyl groups is 2. The zero-order valence-corrected chi connectivity index (χ0v) is 27.5. The second-order valence-corrected chi connectivity index (χ2v) is 12.7. The zero-order valence-electron chi connectivity index (χ0n) is 27.5. The maximum atomic E-state index is 11.6. The Hall–Kier alpha value is -4.70. The Labute approximate surface area is 273 Å². The van der Waals surface area contributed by atoms with E-state index < -0.39 is 0 Å². The lowest BCUT2D eigenvalue weighted by molar-refractivity contribution is 0.308. The number of hydrogen-bond donors (Lipinski definition) is 2. The van der Waals surface area contributed by atoms with Crippen molar-refractivity contribution >= 4 is 0 Å². The van der Waals surface area contributed by atoms with Crippen LogP contribution in [0.2, 0.25) is 0 Å². The number of aryl methyl sites for hydroxylation is 2. The summed E-state index contributed by atoms with van der Waals surface area (Å²) in [5.74, 6) is 2.29. The lowest BCUT2D eigenvalue weighted by Crippen LogP contribution is -2.08. The van der Waals surface area contributed by atoms with Crippen LogP contribution in [-0.4, -0.2) is 23.4 Å². The predicted molar refractivity (Wildman–Crippen MR) is 187 cm³/mol. The molecule has 0 aliphatic heterocycles. The Kier molecular flexibility index (Phi) is 9.35. The molecule has 0 saturated heterocycles. The van der Waals surface area contributed by atoms with E-state index in [1.54, 1.807) is 0 Å². The van der Waals surface area contributed by atoms with E-state index in [1.165, 1.54) is 16.7 Å². The minimum absolute atomic E-state index is 0.264. The average molecular weight is 613 g/mol. The summed E-state index contributed by atoms with van der Waals surface area (Å²) in [6.07, 6.45) is 3.87. The number of hydrogen-bond acceptors (Lipinski definition) is 4. The molecule has 6 rings (SSSR count). The van der Waals surface area contributed by atoms with Crippen LogP contribution in [0.5, 0.6) is 23.0 Å². The van der Waals surface area contributed by atoms with E-state index >= 15 is 0 Å². The van der Waals surface area contributed by atoms with Gasteiger partial charge in [0.15, 0.2) is 0 Å². The number of fused-ring (bicyclic) bond motifs is 8. The third-order valence-corrected chi connectivity index (χ3v) is 8.81. The van der Waals surface area contributed by atoms with Crippen molar-refractivity contribution in [2.24, 2.45) is 0 Å². The summed E-state index contributed by atoms with van der Waals surface area (Å²) in [7, 11) is 0. The maximum absolute atomic E-state index is 11.6. The molecule has 0 aromatic heterocycles. The molecule has 0 heterocycles. The van der Waals surface area contributed by atoms with E-state index in [9.17, 15) is 10.2 Å². The Morgan fingerprint density at radius 2 is 0.826 bits per heavy atom. The van der Waals surface area contributed by atoms with Crippen molar-refractivity contribution in [2.45, 2.75) is 66.2 Å². The van der Waals surface area contributed by atoms with Gasteiger partial charge in [-0.2, -0.15) is 0 Å². The minimum Gasteiger partial charge on any atom is -0.507 e. The molecule has 0 atom stereocenters. The first-order chi connectivity index (χ1) is 22.3. The molecule has 0 saturated carbocycles. The van der Waals surface area contributed by atoms with Gasteiger partial charge in [0.1, 0.15) is 23.0 Å². The van der Waals surface area contributed by atoms with E-state index in [4.69, 9.17) is 9.47 Å². The van der Waals surface area contributed by atoms with Crippen molar-refractivity contribution in [3.05, 3.63) is 141 Å². The van der Waals surface area contributed by atoms with Crippen molar-refractivity contribution in [3.8, 4) is 34.1 Å². The molecule has 5 aromatic carbocycles. The predicted octanol–water partition coefficient (Wildman–Crippen LogP) is 9.64. The number of para-hydroxylation sites is 3. The van der Waals surface area contributed by atoms with Crippen LogP contribution in [0.4, 0.5) is 0 Å². The van der Waals surface area contributed by atoms with Crippen LogP contribution in [0.1, 0.15) is 82.3 Å². The van der Waals surface area contributed by atoms with Gasteiger partial charge in [-0.1, -0.05) is 97.8 Å². The van der Waals surface area contributed by atoms with Crippen molar-refractivity contribution in [3.63, 3.8) is 0 Å². The molecule has 1 aliphatic carbocycles. The molecule has 0 amide bonds. The lowest BCUT2D eigenvalue weighted by atomic mass is 9.89. The quantitative estimate of drug-likeness (QED) is 0.188. The summed E-state index contributed by atoms with van der Waals surface area (Å²) in [6, 6.07) is 29.4. The smallest absolute Gasteiger partial charge is 0.126 e. The Bertz CT molecular complexity index is 1850. The van der Waals surface area contributed by atoms with Crippen molar-refractivity contribution in [1.82, 2.24) is 0 Å². The Morgan fingerprint density at radius 3 is 1.28 bits per heavy atom. The fourth-order valence-electron chi connectivity index (χ4n) is 6.70. The van der Waals surface area contributed by atoms with Gasteiger partial charge in [0.05, 0.1) is 13.2 Å². The molecule has 5 aromatic rings. The molecule has 4 heteroatoms. The van der Waals surface area contributed by atoms with E-state index in [0.717, 1.165) is 74.4 Å². The van der Waals surface area contributed by atoms with Crippen molar-refractivity contribution in [2.75, 3.05) is 13.2 Å². The highest BCUT2D eigenvalue weighted by Gasteiger charge is 2.21. The molecular weight excluding hydrogens is 568 g/mol. The summed E-state index contributed by atoms with van der Waals surface area (Å²) in [6.45, 7) is 9.73. The Morgan fingerprint density at radius 1 is 0.478 bits per heavy atom. The van der Waals surface area contributed by atoms with E-state index in [-0.39, 0.29) is 11.5 Å². The van der Waals surface area contributed by atoms with E-state index in [0.29, 0.717) is 38.9 Å². The summed E-state index contributed by atoms with van der Waals surface area (Å²) in [4.78, 5) is 0. The Balaban J connectivity index is 1.62. The lowest BCUT2D eigenvalue weighted by Gasteiger charge is -2.22. The molecule has 0 spiro atoms. The van der Waals surface area contributed by atoms with Gasteiger partial charge >= 0.3 is 0 Å². The van der Waals surface area contributed by atoms with Crippen molar-refractivity contribution < 1.29 is 19.7 Å². The van der Waals surface area contributed by atoms with Gasteiger partial charge in [-0.15, -0.1) is 0 Å². The molecule has 46 heavy (non-hydrogen) atoms. The number of phenolic OH excluding ortho intramolecular Hbond substituents is 2. The second-order valence-electron chi connectivity index (χ2n) is 12.7. The highest BCUT2D eigenvalue weighted by Crippen LogP contribution is 2.40. The summed E-state index contributed by atoms with van der Waals surface area (Å²) in [5.41, 5.74) is 12.2. The van der Waals surface area contributed by atoms with Gasteiger partial charge in [0.25, 0.3) is 0 Å². The fourth-order valence-corrected chi connectivity index (χ4v) is 6.70. The van der Waals surface area contributed by atoms with Crippen LogP contribution in [-0.2, 0) is 25.7 Å². The molecule has 0 unspecified atom stereocenters. The van der Waals surface area contributed by atoms with E-state index in [2.05, 4.69) is 76.2 Å². The van der Waals surface area contributed by atoms with Gasteiger partial charge in [-0.25, -0.2) is 0 Å². The topological polar surface area (TPSA) is 58.9 Å². The average Bonchev–Trinajstić information content (AvgIpc) is 3.03. The summed E-state index contributed by atoms with van der Waals surface area (Å²) >= 11 is 0. The van der Waals surface area contributed by atoms with Gasteiger partial charge in [-0.05, 0) is 94.5 Å². The molecular formula is C42H44O4. The van der Waals surface area contributed by atoms with Gasteiger partial charge in [0, 0.05) is 25.7 Å². The maximum Gasteiger partial charge on any atom is 0.126 e. The van der Waals surface area contributed by atoms with Crippen LogP contribution in [0, 0.1) is 13.8 Å². The molecule has 4 nitrogen and oxygen atoms in total. The normalized spacial score (nSPS) is 12.5. The van der Waals surface area contributed by atoms with Gasteiger partial charge < -0.3 is 19.7 Å². The van der Waals surface area contributed by atoms with Crippen LogP contribution in [0.3, 0.4) is 0 Å². The SMILES string of the molecule is CCCOc1c2cccc1Cc1cc(-c3cc(C)cc(C)c3)cc(c1OCCC)Cc1cccc(c1O)Cc1cccc(c1O)C2. The summed E-state index contributed by atoms with van der Waals surface area (Å²) < 4.78 is 13.1. The molecule has 0 fully saturated rings. The minimum atomic E-state index is 0.264. The van der Waals surface area contributed by atoms with Crippen molar-refractivity contribution in [1.29, 1.82) is 0 Å². The van der Waals surface area contributed by atoms with Crippen LogP contribution < -0.4 is 9.47 Å². The highest BCUT2D eigenvalue weighted by molar-refractivity contribution is 5.70. The number of ether oxygens (including phenoxy) is 2. The fraction of sp³-hybridized carbons (Fsp3) is 0.286. The number of phenols is 2. The highest BCUT2D eigenvalue weighted by atomic mass is 16.5. The summed E-state index contributed by atoms with van der Waals surface area (Å²) in [5, 5.41) is 23.1. The second kappa shape index (κ2) is 13.7. The first-order valence-corrected chi connectivity index (χ1v) is 16.5. The largest absolute Gasteiger partial charge is 0.507 e. The molecule has 236 valence electrons. The zero-order chi connectivity index (χ0) is 32.2. The first kappa shape index (κ1) is 31.3. The van der Waals surface area contributed by atoms with Crippen LogP contribution in [0.25, 0.3) is 11.1 Å². The standard InChI is InChI=1S/C42H44O4/c1-5-16-45-41-33-14-9-15-34(41)24-38-26-36(35-19-27(3)18-28(4)20-35)25-37(42(38)46-17-6-2)23-32-13-8-11-30(40(32)44)21-29-10-7-12-31(22-33)39(29)43/h7-15,18-20,25-26,43-44H,5-6,16-17,21-24H2,1-4H3.